The fraction of sp³-hybridized carbons (Fsp3) is 0.647. The van der Waals surface area contributed by atoms with E-state index in [9.17, 15) is 8.78 Å². The number of halogens is 2. The van der Waals surface area contributed by atoms with E-state index < -0.39 is 11.6 Å². The van der Waals surface area contributed by atoms with Crippen LogP contribution in [0.3, 0.4) is 0 Å². The summed E-state index contributed by atoms with van der Waals surface area (Å²) in [6.07, 6.45) is 5.89. The summed E-state index contributed by atoms with van der Waals surface area (Å²) >= 11 is 0. The number of nitrogens with one attached hydrogen (secondary N) is 1. The fourth-order valence-corrected chi connectivity index (χ4v) is 3.46. The van der Waals surface area contributed by atoms with Crippen LogP contribution >= 0.6 is 0 Å². The van der Waals surface area contributed by atoms with Crippen molar-refractivity contribution < 1.29 is 13.5 Å². The van der Waals surface area contributed by atoms with Gasteiger partial charge in [0.25, 0.3) is 0 Å². The van der Waals surface area contributed by atoms with Gasteiger partial charge in [0.05, 0.1) is 12.1 Å². The smallest absolute Gasteiger partial charge is 0.126 e. The van der Waals surface area contributed by atoms with Crippen LogP contribution in [0, 0.1) is 17.6 Å². The molecule has 0 aliphatic heterocycles. The summed E-state index contributed by atoms with van der Waals surface area (Å²) in [6, 6.07) is 3.55. The van der Waals surface area contributed by atoms with E-state index >= 15 is 0 Å². The van der Waals surface area contributed by atoms with Gasteiger partial charge in [-0.05, 0) is 43.0 Å². The van der Waals surface area contributed by atoms with E-state index in [0.717, 1.165) is 25.5 Å². The molecule has 2 nitrogen and oxygen atoms in total. The van der Waals surface area contributed by atoms with Gasteiger partial charge in [0, 0.05) is 13.2 Å². The molecule has 0 saturated heterocycles. The third kappa shape index (κ3) is 4.24. The summed E-state index contributed by atoms with van der Waals surface area (Å²) in [5.74, 6) is -0.628. The molecule has 0 spiro atoms. The van der Waals surface area contributed by atoms with E-state index in [-0.39, 0.29) is 12.1 Å². The van der Waals surface area contributed by atoms with Crippen LogP contribution in [0.1, 0.15) is 50.6 Å². The van der Waals surface area contributed by atoms with Gasteiger partial charge in [-0.15, -0.1) is 0 Å². The van der Waals surface area contributed by atoms with Crippen molar-refractivity contribution >= 4 is 0 Å². The van der Waals surface area contributed by atoms with Crippen molar-refractivity contribution in [2.24, 2.45) is 5.92 Å². The molecule has 1 fully saturated rings. The van der Waals surface area contributed by atoms with Crippen molar-refractivity contribution in [1.82, 2.24) is 5.32 Å². The van der Waals surface area contributed by atoms with Crippen molar-refractivity contribution in [3.63, 3.8) is 0 Å². The molecule has 1 N–H and O–H groups in total. The fourth-order valence-electron chi connectivity index (χ4n) is 3.46. The second-order valence-corrected chi connectivity index (χ2v) is 5.84. The Kier molecular flexibility index (Phi) is 6.12. The monoisotopic (exact) mass is 297 g/mol. The molecule has 21 heavy (non-hydrogen) atoms. The zero-order chi connectivity index (χ0) is 15.2. The molecule has 118 valence electrons. The third-order valence-electron chi connectivity index (χ3n) is 4.38. The average Bonchev–Trinajstić information content (AvgIpc) is 2.47. The molecule has 0 radical (unpaired) electrons. The Bertz CT molecular complexity index is 426. The molecule has 1 aromatic rings. The van der Waals surface area contributed by atoms with Gasteiger partial charge in [0.1, 0.15) is 11.6 Å². The number of rotatable bonds is 6. The lowest BCUT2D eigenvalue weighted by Crippen LogP contribution is -2.39. The maximum absolute atomic E-state index is 13.5. The second kappa shape index (κ2) is 7.85. The predicted octanol–water partition coefficient (Wildman–Crippen LogP) is 4.21. The summed E-state index contributed by atoms with van der Waals surface area (Å²) in [5, 5.41) is 3.34. The van der Waals surface area contributed by atoms with Crippen LogP contribution < -0.4 is 5.32 Å². The minimum Gasteiger partial charge on any atom is -0.379 e. The second-order valence-electron chi connectivity index (χ2n) is 5.84. The summed E-state index contributed by atoms with van der Waals surface area (Å²) in [6.45, 7) is 2.73. The first-order valence-electron chi connectivity index (χ1n) is 7.88. The maximum Gasteiger partial charge on any atom is 0.126 e. The quantitative estimate of drug-likeness (QED) is 0.849. The maximum atomic E-state index is 13.5. The van der Waals surface area contributed by atoms with Crippen molar-refractivity contribution in [1.29, 1.82) is 0 Å². The Balaban J connectivity index is 2.26. The summed E-state index contributed by atoms with van der Waals surface area (Å²) in [5.41, 5.74) is 0.631. The number of ether oxygens (including phenoxy) is 1. The summed E-state index contributed by atoms with van der Waals surface area (Å²) in [4.78, 5) is 0. The van der Waals surface area contributed by atoms with Gasteiger partial charge in [-0.3, -0.25) is 0 Å². The highest BCUT2D eigenvalue weighted by molar-refractivity contribution is 5.23. The molecule has 2 unspecified atom stereocenters. The number of hydrogen-bond acceptors (Lipinski definition) is 2. The van der Waals surface area contributed by atoms with Gasteiger partial charge in [-0.25, -0.2) is 8.78 Å². The molecular formula is C17H25F2NO. The highest BCUT2D eigenvalue weighted by Gasteiger charge is 2.31. The number of hydrogen-bond donors (Lipinski definition) is 1. The molecule has 1 aliphatic rings. The standard InChI is InChI=1S/C17H25F2NO/c1-3-20-16(13-9-14(18)11-15(19)10-13)17(21-2)12-7-5-4-6-8-12/h9-12,16-17,20H,3-8H2,1-2H3. The Morgan fingerprint density at radius 3 is 2.29 bits per heavy atom. The highest BCUT2D eigenvalue weighted by Crippen LogP contribution is 2.34. The minimum atomic E-state index is -0.536. The molecule has 2 atom stereocenters. The molecule has 0 bridgehead atoms. The minimum absolute atomic E-state index is 0.0496. The molecular weight excluding hydrogens is 272 g/mol. The van der Waals surface area contributed by atoms with Crippen molar-refractivity contribution in [3.05, 3.63) is 35.4 Å². The van der Waals surface area contributed by atoms with E-state index in [1.54, 1.807) is 7.11 Å². The van der Waals surface area contributed by atoms with Crippen molar-refractivity contribution in [2.45, 2.75) is 51.2 Å². The van der Waals surface area contributed by atoms with Crippen molar-refractivity contribution in [2.75, 3.05) is 13.7 Å². The lowest BCUT2D eigenvalue weighted by atomic mass is 9.81. The normalized spacial score (nSPS) is 19.4. The van der Waals surface area contributed by atoms with E-state index in [1.165, 1.54) is 31.4 Å². The zero-order valence-electron chi connectivity index (χ0n) is 12.9. The topological polar surface area (TPSA) is 21.3 Å². The van der Waals surface area contributed by atoms with Crippen LogP contribution in [0.5, 0.6) is 0 Å². The molecule has 1 saturated carbocycles. The van der Waals surface area contributed by atoms with Crippen LogP contribution in [-0.4, -0.2) is 19.8 Å². The largest absolute Gasteiger partial charge is 0.379 e. The van der Waals surface area contributed by atoms with Crippen LogP contribution in [-0.2, 0) is 4.74 Å². The van der Waals surface area contributed by atoms with E-state index in [1.807, 2.05) is 6.92 Å². The van der Waals surface area contributed by atoms with Crippen LogP contribution in [0.25, 0.3) is 0 Å². The van der Waals surface area contributed by atoms with Gasteiger partial charge < -0.3 is 10.1 Å². The van der Waals surface area contributed by atoms with Crippen LogP contribution in [0.2, 0.25) is 0 Å². The van der Waals surface area contributed by atoms with Gasteiger partial charge in [-0.1, -0.05) is 26.2 Å². The molecule has 1 aromatic carbocycles. The van der Waals surface area contributed by atoms with Crippen LogP contribution in [0.4, 0.5) is 8.78 Å². The van der Waals surface area contributed by atoms with E-state index in [0.29, 0.717) is 11.5 Å². The average molecular weight is 297 g/mol. The number of benzene rings is 1. The van der Waals surface area contributed by atoms with Crippen molar-refractivity contribution in [3.8, 4) is 0 Å². The first kappa shape index (κ1) is 16.4. The van der Waals surface area contributed by atoms with E-state index in [4.69, 9.17) is 4.74 Å². The van der Waals surface area contributed by atoms with Gasteiger partial charge in [0.15, 0.2) is 0 Å². The molecule has 1 aliphatic carbocycles. The molecule has 0 amide bonds. The Morgan fingerprint density at radius 1 is 1.14 bits per heavy atom. The zero-order valence-corrected chi connectivity index (χ0v) is 12.9. The van der Waals surface area contributed by atoms with E-state index in [2.05, 4.69) is 5.32 Å². The summed E-state index contributed by atoms with van der Waals surface area (Å²) in [7, 11) is 1.69. The third-order valence-corrected chi connectivity index (χ3v) is 4.38. The number of likely N-dealkylation sites (N-methyl/N-ethyl adjacent to an activating group) is 1. The molecule has 2 rings (SSSR count). The Labute approximate surface area is 125 Å². The Morgan fingerprint density at radius 2 is 1.76 bits per heavy atom. The van der Waals surface area contributed by atoms with Gasteiger partial charge >= 0.3 is 0 Å². The predicted molar refractivity (Wildman–Crippen MR) is 80.1 cm³/mol. The van der Waals surface area contributed by atoms with Gasteiger partial charge in [-0.2, -0.15) is 0 Å². The van der Waals surface area contributed by atoms with Gasteiger partial charge in [0.2, 0.25) is 0 Å². The lowest BCUT2D eigenvalue weighted by Gasteiger charge is -2.35. The molecule has 0 heterocycles. The highest BCUT2D eigenvalue weighted by atomic mass is 19.1. The molecule has 4 heteroatoms. The lowest BCUT2D eigenvalue weighted by molar-refractivity contribution is 0.00779. The molecule has 0 aromatic heterocycles. The number of methoxy groups -OCH3 is 1. The Hall–Kier alpha value is -1.00. The SMILES string of the molecule is CCNC(c1cc(F)cc(F)c1)C(OC)C1CCCCC1. The first-order chi connectivity index (χ1) is 10.2. The first-order valence-corrected chi connectivity index (χ1v) is 7.88. The van der Waals surface area contributed by atoms with Crippen LogP contribution in [0.15, 0.2) is 18.2 Å². The summed E-state index contributed by atoms with van der Waals surface area (Å²) < 4.78 is 32.8.